The van der Waals surface area contributed by atoms with Crippen molar-refractivity contribution in [2.24, 2.45) is 0 Å². The van der Waals surface area contributed by atoms with E-state index in [-0.39, 0.29) is 5.91 Å². The van der Waals surface area contributed by atoms with Crippen LogP contribution in [0, 0.1) is 13.8 Å². The highest BCUT2D eigenvalue weighted by molar-refractivity contribution is 7.80. The van der Waals surface area contributed by atoms with Crippen LogP contribution < -0.4 is 5.32 Å². The third-order valence-electron chi connectivity index (χ3n) is 7.33. The van der Waals surface area contributed by atoms with Crippen molar-refractivity contribution in [2.45, 2.75) is 54.4 Å². The number of carbonyl (C=O) groups is 1. The van der Waals surface area contributed by atoms with Gasteiger partial charge >= 0.3 is 6.97 Å². The molecule has 1 aromatic carbocycles. The molecule has 2 aliphatic heterocycles. The van der Waals surface area contributed by atoms with Crippen LogP contribution in [0.1, 0.15) is 72.6 Å². The second-order valence-electron chi connectivity index (χ2n) is 9.04. The van der Waals surface area contributed by atoms with Crippen LogP contribution in [0.25, 0.3) is 5.57 Å². The Morgan fingerprint density at radius 3 is 2.29 bits per heavy atom. The Balaban J connectivity index is 2.03. The molecular weight excluding hydrogens is 451 g/mol. The monoisotopic (exact) mass is 483 g/mol. The Bertz CT molecular complexity index is 1290. The molecule has 0 saturated carbocycles. The number of nitrogens with one attached hydrogen (secondary N) is 1. The Labute approximate surface area is 205 Å². The van der Waals surface area contributed by atoms with Gasteiger partial charge in [-0.3, -0.25) is 4.79 Å². The van der Waals surface area contributed by atoms with Gasteiger partial charge < -0.3 is 22.9 Å². The van der Waals surface area contributed by atoms with Crippen molar-refractivity contribution >= 4 is 36.8 Å². The third-order valence-corrected chi connectivity index (χ3v) is 7.55. The average molecular weight is 483 g/mol. The number of hydrogen-bond acceptors (Lipinski definition) is 2. The van der Waals surface area contributed by atoms with Gasteiger partial charge in [0.05, 0.1) is 5.57 Å². The number of fused-ring (bicyclic) bond motifs is 2. The molecule has 0 unspecified atom stereocenters. The Morgan fingerprint density at radius 2 is 1.74 bits per heavy atom. The van der Waals surface area contributed by atoms with Gasteiger partial charge in [0.15, 0.2) is 5.70 Å². The molecule has 1 aromatic heterocycles. The van der Waals surface area contributed by atoms with Crippen LogP contribution in [-0.2, 0) is 6.42 Å². The van der Waals surface area contributed by atoms with Gasteiger partial charge in [-0.25, -0.2) is 0 Å². The van der Waals surface area contributed by atoms with Crippen LogP contribution in [0.4, 0.5) is 8.63 Å². The van der Waals surface area contributed by atoms with E-state index in [9.17, 15) is 4.79 Å². The van der Waals surface area contributed by atoms with E-state index in [1.165, 1.54) is 8.96 Å². The Kier molecular flexibility index (Phi) is 6.40. The molecular formula is C26H32BF2N3OS. The third kappa shape index (κ3) is 3.41. The van der Waals surface area contributed by atoms with E-state index in [4.69, 9.17) is 0 Å². The number of aromatic nitrogens is 1. The molecule has 3 heterocycles. The number of benzene rings is 1. The number of amides is 1. The average Bonchev–Trinajstić information content (AvgIpc) is 3.22. The van der Waals surface area contributed by atoms with E-state index in [2.05, 4.69) is 17.9 Å². The van der Waals surface area contributed by atoms with Gasteiger partial charge in [0.1, 0.15) is 5.71 Å². The Morgan fingerprint density at radius 1 is 1.09 bits per heavy atom. The normalized spacial score (nSPS) is 16.9. The van der Waals surface area contributed by atoms with Gasteiger partial charge in [-0.15, -0.1) is 0 Å². The zero-order chi connectivity index (χ0) is 24.9. The summed E-state index contributed by atoms with van der Waals surface area (Å²) >= 11 is 4.13. The molecule has 4 nitrogen and oxygen atoms in total. The number of allylic oxidation sites excluding steroid dienone is 2. The summed E-state index contributed by atoms with van der Waals surface area (Å²) in [6, 6.07) is 7.27. The second-order valence-corrected chi connectivity index (χ2v) is 9.49. The number of hydrogen-bond donors (Lipinski definition) is 2. The quantitative estimate of drug-likeness (QED) is 0.411. The summed E-state index contributed by atoms with van der Waals surface area (Å²) in [6.45, 7) is 7.96. The zero-order valence-corrected chi connectivity index (χ0v) is 21.6. The first-order valence-electron chi connectivity index (χ1n) is 11.9. The first kappa shape index (κ1) is 24.5. The van der Waals surface area contributed by atoms with Crippen molar-refractivity contribution < 1.29 is 17.9 Å². The van der Waals surface area contributed by atoms with Crippen LogP contribution in [0.3, 0.4) is 0 Å². The van der Waals surface area contributed by atoms with Gasteiger partial charge in [-0.05, 0) is 68.1 Å². The molecule has 0 spiro atoms. The molecule has 2 aliphatic rings. The summed E-state index contributed by atoms with van der Waals surface area (Å²) in [5, 5.41) is 2.82. The van der Waals surface area contributed by atoms with Crippen molar-refractivity contribution in [3.05, 3.63) is 74.8 Å². The number of halogens is 2. The minimum Gasteiger partial charge on any atom is -0.393 e. The lowest BCUT2D eigenvalue weighted by Crippen LogP contribution is -2.51. The van der Waals surface area contributed by atoms with Gasteiger partial charge in [0.25, 0.3) is 5.91 Å². The number of rotatable bonds is 6. The van der Waals surface area contributed by atoms with Crippen molar-refractivity contribution in [1.29, 1.82) is 0 Å². The molecule has 8 heteroatoms. The lowest BCUT2D eigenvalue weighted by atomic mass is 9.83. The minimum atomic E-state index is -4.04. The fourth-order valence-electron chi connectivity index (χ4n) is 5.81. The van der Waals surface area contributed by atoms with Crippen LogP contribution >= 0.6 is 12.6 Å². The highest BCUT2D eigenvalue weighted by Gasteiger charge is 2.56. The molecule has 2 aromatic rings. The lowest BCUT2D eigenvalue weighted by Gasteiger charge is -2.34. The van der Waals surface area contributed by atoms with Crippen molar-refractivity contribution in [1.82, 2.24) is 9.79 Å². The first-order chi connectivity index (χ1) is 16.1. The SMILES string of the molecule is CCC1=C(C)C2=C(c3ccc(C(=O)NCCS)cc3)c3c(C)c(CC)c(C)n3[B-](F)(F)[N+]2=C1C. The van der Waals surface area contributed by atoms with Crippen LogP contribution in [0.15, 0.2) is 41.1 Å². The van der Waals surface area contributed by atoms with Gasteiger partial charge in [-0.2, -0.15) is 12.6 Å². The summed E-state index contributed by atoms with van der Waals surface area (Å²) in [7, 11) is 0. The number of carbonyl (C=O) groups excluding carboxylic acids is 1. The maximum Gasteiger partial charge on any atom is 0.737 e. The summed E-state index contributed by atoms with van der Waals surface area (Å²) in [6.07, 6.45) is 1.38. The minimum absolute atomic E-state index is 0.170. The van der Waals surface area contributed by atoms with Crippen molar-refractivity contribution in [3.8, 4) is 0 Å². The topological polar surface area (TPSA) is 37.0 Å². The standard InChI is InChI=1S/C26H32BF2N3OS/c1-7-21-15(3)24-23(19-9-11-20(12-10-19)26(33)30-13-14-34)25-16(4)22(8-2)18(6)32(25)27(28,29)31(24)17(21)5/h9-12,34H,7-8,13-14H2,1-6H3,(H,30,33). The van der Waals surface area contributed by atoms with Crippen molar-refractivity contribution in [3.63, 3.8) is 0 Å². The predicted octanol–water partition coefficient (Wildman–Crippen LogP) is 5.54. The predicted molar refractivity (Wildman–Crippen MR) is 139 cm³/mol. The van der Waals surface area contributed by atoms with Crippen LogP contribution in [-0.4, -0.2) is 39.9 Å². The van der Waals surface area contributed by atoms with Crippen LogP contribution in [0.5, 0.6) is 0 Å². The van der Waals surface area contributed by atoms with Crippen LogP contribution in [0.2, 0.25) is 0 Å². The van der Waals surface area contributed by atoms with Gasteiger partial charge in [0.2, 0.25) is 0 Å². The smallest absolute Gasteiger partial charge is 0.393 e. The van der Waals surface area contributed by atoms with Gasteiger partial charge in [-0.1, -0.05) is 26.0 Å². The molecule has 0 bridgehead atoms. The fourth-order valence-corrected chi connectivity index (χ4v) is 5.92. The largest absolute Gasteiger partial charge is 0.737 e. The fraction of sp³-hybridized carbons (Fsp3) is 0.385. The van der Waals surface area contributed by atoms with E-state index >= 15 is 8.63 Å². The second kappa shape index (κ2) is 8.88. The van der Waals surface area contributed by atoms with Gasteiger partial charge in [0, 0.05) is 41.6 Å². The highest BCUT2D eigenvalue weighted by Crippen LogP contribution is 2.47. The molecule has 180 valence electrons. The molecule has 0 saturated heterocycles. The molecule has 4 rings (SSSR count). The summed E-state index contributed by atoms with van der Waals surface area (Å²) in [4.78, 5) is 12.4. The van der Waals surface area contributed by atoms with E-state index < -0.39 is 6.97 Å². The number of nitrogens with zero attached hydrogens (tertiary/aromatic N) is 2. The molecule has 1 amide bonds. The summed E-state index contributed by atoms with van der Waals surface area (Å²) < 4.78 is 35.1. The highest BCUT2D eigenvalue weighted by atomic mass is 32.1. The van der Waals surface area contributed by atoms with E-state index in [1.807, 2.05) is 39.8 Å². The maximum atomic E-state index is 16.3. The molecule has 0 fully saturated rings. The molecule has 0 radical (unpaired) electrons. The molecule has 1 N–H and O–H groups in total. The molecule has 34 heavy (non-hydrogen) atoms. The zero-order valence-electron chi connectivity index (χ0n) is 20.7. The number of thiol groups is 1. The molecule has 0 aliphatic carbocycles. The van der Waals surface area contributed by atoms with E-state index in [0.717, 1.165) is 33.4 Å². The summed E-state index contributed by atoms with van der Waals surface area (Å²) in [5.74, 6) is 0.388. The molecule has 0 atom stereocenters. The maximum absolute atomic E-state index is 16.3. The van der Waals surface area contributed by atoms with Crippen molar-refractivity contribution in [2.75, 3.05) is 12.3 Å². The Hall–Kier alpha value is -2.61. The van der Waals surface area contributed by atoms with E-state index in [0.29, 0.717) is 53.5 Å². The first-order valence-corrected chi connectivity index (χ1v) is 12.5. The summed E-state index contributed by atoms with van der Waals surface area (Å²) in [5.41, 5.74) is 8.30. The lowest BCUT2D eigenvalue weighted by molar-refractivity contribution is -0.363. The van der Waals surface area contributed by atoms with E-state index in [1.54, 1.807) is 26.0 Å².